The predicted molar refractivity (Wildman–Crippen MR) is 99.1 cm³/mol. The van der Waals surface area contributed by atoms with Crippen LogP contribution in [0.1, 0.15) is 27.5 Å². The molecule has 3 rings (SSSR count). The summed E-state index contributed by atoms with van der Waals surface area (Å²) in [4.78, 5) is 25.2. The summed E-state index contributed by atoms with van der Waals surface area (Å²) in [7, 11) is 1.24. The van der Waals surface area contributed by atoms with Crippen molar-refractivity contribution < 1.29 is 37.7 Å². The van der Waals surface area contributed by atoms with E-state index in [1.807, 2.05) is 0 Å². The number of urea groups is 1. The number of methoxy groups -OCH3 is 1. The first kappa shape index (κ1) is 21.4. The van der Waals surface area contributed by atoms with Crippen molar-refractivity contribution in [3.8, 4) is 11.5 Å². The van der Waals surface area contributed by atoms with Gasteiger partial charge in [0.15, 0.2) is 17.3 Å². The van der Waals surface area contributed by atoms with Gasteiger partial charge in [-0.3, -0.25) is 4.79 Å². The summed E-state index contributed by atoms with van der Waals surface area (Å²) in [6.45, 7) is 1.74. The topological polar surface area (TPSA) is 108 Å². The summed E-state index contributed by atoms with van der Waals surface area (Å²) in [5, 5.41) is 24.1. The second kappa shape index (κ2) is 7.52. The fourth-order valence-electron chi connectivity index (χ4n) is 3.40. The molecule has 0 aromatic heterocycles. The third-order valence-corrected chi connectivity index (χ3v) is 4.99. The molecule has 7 nitrogen and oxygen atoms in total. The molecule has 1 fully saturated rings. The van der Waals surface area contributed by atoms with Crippen LogP contribution in [0.15, 0.2) is 42.5 Å². The smallest absolute Gasteiger partial charge is 0.437 e. The van der Waals surface area contributed by atoms with E-state index < -0.39 is 35.7 Å². The molecule has 2 aromatic carbocycles. The molecule has 1 aliphatic heterocycles. The first-order valence-electron chi connectivity index (χ1n) is 8.83. The molecule has 0 radical (unpaired) electrons. The van der Waals surface area contributed by atoms with Crippen molar-refractivity contribution in [2.45, 2.75) is 24.9 Å². The highest BCUT2D eigenvalue weighted by atomic mass is 19.4. The molecule has 0 unspecified atom stereocenters. The summed E-state index contributed by atoms with van der Waals surface area (Å²) < 4.78 is 46.6. The number of halogens is 3. The molecule has 1 aliphatic rings. The number of rotatable bonds is 4. The number of aromatic hydroxyl groups is 1. The molecular weight excluding hydrogens is 405 g/mol. The number of ketones is 1. The highest BCUT2D eigenvalue weighted by Crippen LogP contribution is 2.45. The van der Waals surface area contributed by atoms with Gasteiger partial charge in [-0.1, -0.05) is 35.9 Å². The fourth-order valence-corrected chi connectivity index (χ4v) is 3.40. The summed E-state index contributed by atoms with van der Waals surface area (Å²) >= 11 is 0. The Balaban J connectivity index is 2.18. The van der Waals surface area contributed by atoms with Crippen LogP contribution >= 0.6 is 0 Å². The van der Waals surface area contributed by atoms with Crippen LogP contribution in [0.4, 0.5) is 18.0 Å². The Morgan fingerprint density at radius 1 is 1.17 bits per heavy atom. The average Bonchev–Trinajstić information content (AvgIpc) is 2.67. The standard InChI is InChI=1S/C20H19F3N2O5/c1-10-3-5-11(6-4-10)17(27)15-16(12-7-8-13(26)14(9-12)30-2)24-18(28)25-19(15,29)20(21,22)23/h3-9,15-16,26,29H,1-2H3,(H2,24,25,28)/t15-,16+,19-/m0/s1. The number of hydrogen-bond donors (Lipinski definition) is 4. The lowest BCUT2D eigenvalue weighted by Gasteiger charge is -2.45. The maximum absolute atomic E-state index is 13.9. The molecule has 3 atom stereocenters. The molecule has 1 saturated heterocycles. The van der Waals surface area contributed by atoms with E-state index in [-0.39, 0.29) is 22.6 Å². The molecule has 0 bridgehead atoms. The van der Waals surface area contributed by atoms with Gasteiger partial charge in [0.05, 0.1) is 13.2 Å². The summed E-state index contributed by atoms with van der Waals surface area (Å²) in [6.07, 6.45) is -5.35. The average molecular weight is 424 g/mol. The van der Waals surface area contributed by atoms with E-state index in [9.17, 15) is 33.0 Å². The van der Waals surface area contributed by atoms with Crippen molar-refractivity contribution in [2.24, 2.45) is 5.92 Å². The van der Waals surface area contributed by atoms with Crippen molar-refractivity contribution in [2.75, 3.05) is 7.11 Å². The maximum atomic E-state index is 13.9. The van der Waals surface area contributed by atoms with Gasteiger partial charge < -0.3 is 25.6 Å². The molecule has 0 aliphatic carbocycles. The van der Waals surface area contributed by atoms with E-state index in [4.69, 9.17) is 4.74 Å². The number of ether oxygens (including phenoxy) is 1. The van der Waals surface area contributed by atoms with Crippen molar-refractivity contribution in [3.05, 3.63) is 59.2 Å². The zero-order valence-electron chi connectivity index (χ0n) is 15.9. The van der Waals surface area contributed by atoms with Crippen molar-refractivity contribution in [1.82, 2.24) is 10.6 Å². The Morgan fingerprint density at radius 3 is 2.37 bits per heavy atom. The molecule has 10 heteroatoms. The number of phenolic OH excluding ortho intramolecular Hbond substituents is 1. The van der Waals surface area contributed by atoms with Gasteiger partial charge in [-0.2, -0.15) is 13.2 Å². The summed E-state index contributed by atoms with van der Waals surface area (Å²) in [6, 6.07) is 6.51. The SMILES string of the molecule is COc1cc([C@H]2NC(=O)N[C@@](O)(C(F)(F)F)[C@@H]2C(=O)c2ccc(C)cc2)ccc1O. The normalized spacial score (nSPS) is 24.0. The predicted octanol–water partition coefficient (Wildman–Crippen LogP) is 2.81. The second-order valence-electron chi connectivity index (χ2n) is 6.98. The van der Waals surface area contributed by atoms with Gasteiger partial charge >= 0.3 is 12.2 Å². The Bertz CT molecular complexity index is 977. The fraction of sp³-hybridized carbons (Fsp3) is 0.300. The third-order valence-electron chi connectivity index (χ3n) is 4.99. The Kier molecular flexibility index (Phi) is 5.38. The largest absolute Gasteiger partial charge is 0.504 e. The van der Waals surface area contributed by atoms with Gasteiger partial charge in [-0.25, -0.2) is 4.79 Å². The Morgan fingerprint density at radius 2 is 1.80 bits per heavy atom. The van der Waals surface area contributed by atoms with Crippen LogP contribution in [0, 0.1) is 12.8 Å². The lowest BCUT2D eigenvalue weighted by molar-refractivity contribution is -0.287. The minimum Gasteiger partial charge on any atom is -0.504 e. The molecule has 0 saturated carbocycles. The minimum atomic E-state index is -5.35. The number of amides is 2. The lowest BCUT2D eigenvalue weighted by atomic mass is 9.77. The molecular formula is C20H19F3N2O5. The van der Waals surface area contributed by atoms with Crippen LogP contribution in [0.5, 0.6) is 11.5 Å². The Hall–Kier alpha value is -3.27. The number of hydrogen-bond acceptors (Lipinski definition) is 5. The van der Waals surface area contributed by atoms with Crippen molar-refractivity contribution >= 4 is 11.8 Å². The highest BCUT2D eigenvalue weighted by Gasteiger charge is 2.66. The van der Waals surface area contributed by atoms with Crippen LogP contribution < -0.4 is 15.4 Å². The van der Waals surface area contributed by atoms with E-state index in [1.54, 1.807) is 19.1 Å². The quantitative estimate of drug-likeness (QED) is 0.565. The number of aryl methyl sites for hydroxylation is 1. The third kappa shape index (κ3) is 3.65. The van der Waals surface area contributed by atoms with Gasteiger partial charge in [0.25, 0.3) is 0 Å². The van der Waals surface area contributed by atoms with Crippen LogP contribution in [0.3, 0.4) is 0 Å². The number of aliphatic hydroxyl groups is 1. The molecule has 2 aromatic rings. The molecule has 1 heterocycles. The van der Waals surface area contributed by atoms with Crippen molar-refractivity contribution in [1.29, 1.82) is 0 Å². The Labute approximate surface area is 169 Å². The zero-order valence-corrected chi connectivity index (χ0v) is 15.9. The van der Waals surface area contributed by atoms with Gasteiger partial charge in [0, 0.05) is 5.56 Å². The summed E-state index contributed by atoms with van der Waals surface area (Å²) in [5.74, 6) is -3.54. The number of alkyl halides is 3. The number of carbonyl (C=O) groups is 2. The van der Waals surface area contributed by atoms with Crippen LogP contribution in [0.2, 0.25) is 0 Å². The van der Waals surface area contributed by atoms with Gasteiger partial charge in [-0.15, -0.1) is 0 Å². The number of carbonyl (C=O) groups excluding carboxylic acids is 2. The second-order valence-corrected chi connectivity index (χ2v) is 6.98. The van der Waals surface area contributed by atoms with E-state index >= 15 is 0 Å². The number of phenols is 1. The minimum absolute atomic E-state index is 0.0348. The van der Waals surface area contributed by atoms with Crippen molar-refractivity contribution in [3.63, 3.8) is 0 Å². The monoisotopic (exact) mass is 424 g/mol. The number of benzene rings is 2. The lowest BCUT2D eigenvalue weighted by Crippen LogP contribution is -2.72. The van der Waals surface area contributed by atoms with Gasteiger partial charge in [0.1, 0.15) is 5.92 Å². The van der Waals surface area contributed by atoms with E-state index in [0.717, 1.165) is 11.6 Å². The molecule has 4 N–H and O–H groups in total. The number of Topliss-reactive ketones (excluding diaryl/α,β-unsaturated/α-hetero) is 1. The first-order valence-corrected chi connectivity index (χ1v) is 8.83. The van der Waals surface area contributed by atoms with E-state index in [1.165, 1.54) is 36.7 Å². The summed E-state index contributed by atoms with van der Waals surface area (Å²) in [5.41, 5.74) is -3.07. The zero-order chi connectivity index (χ0) is 22.3. The van der Waals surface area contributed by atoms with Crippen LogP contribution in [-0.4, -0.2) is 41.0 Å². The molecule has 0 spiro atoms. The van der Waals surface area contributed by atoms with Crippen LogP contribution in [0.25, 0.3) is 0 Å². The highest BCUT2D eigenvalue weighted by molar-refractivity contribution is 6.00. The van der Waals surface area contributed by atoms with E-state index in [2.05, 4.69) is 5.32 Å². The maximum Gasteiger partial charge on any atom is 0.437 e. The molecule has 2 amide bonds. The number of nitrogens with one attached hydrogen (secondary N) is 2. The molecule has 30 heavy (non-hydrogen) atoms. The van der Waals surface area contributed by atoms with Gasteiger partial charge in [-0.05, 0) is 24.6 Å². The van der Waals surface area contributed by atoms with Gasteiger partial charge in [0.2, 0.25) is 5.72 Å². The van der Waals surface area contributed by atoms with Crippen LogP contribution in [-0.2, 0) is 0 Å². The van der Waals surface area contributed by atoms with E-state index in [0.29, 0.717) is 0 Å². The molecule has 160 valence electrons. The first-order chi connectivity index (χ1) is 14.0.